The summed E-state index contributed by atoms with van der Waals surface area (Å²) < 4.78 is 7.43. The van der Waals surface area contributed by atoms with Crippen molar-refractivity contribution >= 4 is 23.6 Å². The van der Waals surface area contributed by atoms with Crippen molar-refractivity contribution in [2.24, 2.45) is 0 Å². The zero-order chi connectivity index (χ0) is 21.6. The number of carbonyl (C=O) groups excluding carboxylic acids is 2. The molecule has 0 unspecified atom stereocenters. The first-order valence-electron chi connectivity index (χ1n) is 10.3. The second-order valence-electron chi connectivity index (χ2n) is 7.42. The van der Waals surface area contributed by atoms with Gasteiger partial charge in [-0.05, 0) is 31.4 Å². The van der Waals surface area contributed by atoms with Crippen LogP contribution in [0, 0.1) is 6.92 Å². The van der Waals surface area contributed by atoms with Crippen molar-refractivity contribution in [3.8, 4) is 11.4 Å². The van der Waals surface area contributed by atoms with Crippen molar-refractivity contribution < 1.29 is 14.0 Å². The number of aromatic nitrogens is 3. The number of nitrogens with zero attached hydrogens (tertiary/aromatic N) is 4. The van der Waals surface area contributed by atoms with Gasteiger partial charge in [0.2, 0.25) is 11.8 Å². The number of hydrogen-bond donors (Lipinski definition) is 1. The van der Waals surface area contributed by atoms with E-state index in [0.717, 1.165) is 42.8 Å². The minimum absolute atomic E-state index is 0.0270. The number of benzene rings is 1. The van der Waals surface area contributed by atoms with Gasteiger partial charge in [-0.15, -0.1) is 10.2 Å². The van der Waals surface area contributed by atoms with Gasteiger partial charge in [0, 0.05) is 13.1 Å². The van der Waals surface area contributed by atoms with Gasteiger partial charge in [-0.2, -0.15) is 0 Å². The fourth-order valence-corrected chi connectivity index (χ4v) is 4.32. The maximum atomic E-state index is 12.3. The highest BCUT2D eigenvalue weighted by Gasteiger charge is 2.20. The molecule has 4 rings (SSSR count). The summed E-state index contributed by atoms with van der Waals surface area (Å²) in [6, 6.07) is 11.9. The Morgan fingerprint density at radius 2 is 1.90 bits per heavy atom. The monoisotopic (exact) mass is 439 g/mol. The van der Waals surface area contributed by atoms with Crippen molar-refractivity contribution in [1.29, 1.82) is 0 Å². The number of nitrogens with one attached hydrogen (secondary N) is 1. The molecule has 1 aliphatic heterocycles. The fraction of sp³-hybridized carbons (Fsp3) is 0.364. The van der Waals surface area contributed by atoms with Gasteiger partial charge in [-0.1, -0.05) is 42.1 Å². The predicted octanol–water partition coefficient (Wildman–Crippen LogP) is 2.73. The zero-order valence-electron chi connectivity index (χ0n) is 17.4. The molecule has 3 heterocycles. The molecule has 2 amide bonds. The number of carbonyl (C=O) groups is 2. The Morgan fingerprint density at radius 1 is 1.13 bits per heavy atom. The third kappa shape index (κ3) is 5.16. The van der Waals surface area contributed by atoms with Crippen molar-refractivity contribution in [3.63, 3.8) is 0 Å². The summed E-state index contributed by atoms with van der Waals surface area (Å²) in [7, 11) is 0. The SMILES string of the molecule is Cc1occc1-c1nnc(SCC(=O)NCC(=O)N2CCCC2)n1Cc1ccccc1. The molecule has 31 heavy (non-hydrogen) atoms. The molecule has 1 aromatic carbocycles. The van der Waals surface area contributed by atoms with Crippen LogP contribution in [0.1, 0.15) is 24.2 Å². The second-order valence-corrected chi connectivity index (χ2v) is 8.36. The highest BCUT2D eigenvalue weighted by atomic mass is 32.2. The summed E-state index contributed by atoms with van der Waals surface area (Å²) >= 11 is 1.30. The van der Waals surface area contributed by atoms with E-state index in [0.29, 0.717) is 17.5 Å². The van der Waals surface area contributed by atoms with E-state index in [1.54, 1.807) is 11.2 Å². The first-order valence-corrected chi connectivity index (χ1v) is 11.3. The van der Waals surface area contributed by atoms with Crippen LogP contribution in [0.3, 0.4) is 0 Å². The number of likely N-dealkylation sites (tertiary alicyclic amines) is 1. The molecule has 1 fully saturated rings. The van der Waals surface area contributed by atoms with E-state index in [-0.39, 0.29) is 24.1 Å². The van der Waals surface area contributed by atoms with Crippen LogP contribution in [-0.2, 0) is 16.1 Å². The lowest BCUT2D eigenvalue weighted by Crippen LogP contribution is -2.39. The van der Waals surface area contributed by atoms with E-state index in [1.165, 1.54) is 11.8 Å². The molecule has 0 aliphatic carbocycles. The molecular formula is C22H25N5O3S. The third-order valence-corrected chi connectivity index (χ3v) is 6.19. The molecule has 162 valence electrons. The Balaban J connectivity index is 1.43. The van der Waals surface area contributed by atoms with Gasteiger partial charge in [-0.25, -0.2) is 0 Å². The maximum Gasteiger partial charge on any atom is 0.241 e. The molecule has 8 nitrogen and oxygen atoms in total. The van der Waals surface area contributed by atoms with Crippen LogP contribution in [0.2, 0.25) is 0 Å². The molecule has 3 aromatic rings. The van der Waals surface area contributed by atoms with E-state index in [4.69, 9.17) is 4.42 Å². The van der Waals surface area contributed by atoms with Crippen LogP contribution in [-0.4, -0.2) is 56.9 Å². The minimum atomic E-state index is -0.201. The maximum absolute atomic E-state index is 12.3. The van der Waals surface area contributed by atoms with Crippen LogP contribution in [0.15, 0.2) is 52.2 Å². The van der Waals surface area contributed by atoms with Gasteiger partial charge in [0.15, 0.2) is 11.0 Å². The van der Waals surface area contributed by atoms with Crippen LogP contribution in [0.5, 0.6) is 0 Å². The summed E-state index contributed by atoms with van der Waals surface area (Å²) in [4.78, 5) is 26.2. The lowest BCUT2D eigenvalue weighted by molar-refractivity contribution is -0.131. The van der Waals surface area contributed by atoms with Gasteiger partial charge in [0.05, 0.1) is 30.7 Å². The lowest BCUT2D eigenvalue weighted by atomic mass is 10.2. The van der Waals surface area contributed by atoms with Gasteiger partial charge in [-0.3, -0.25) is 14.2 Å². The van der Waals surface area contributed by atoms with Crippen molar-refractivity contribution in [2.75, 3.05) is 25.4 Å². The quantitative estimate of drug-likeness (QED) is 0.543. The van der Waals surface area contributed by atoms with Crippen molar-refractivity contribution in [2.45, 2.75) is 31.5 Å². The molecule has 0 atom stereocenters. The summed E-state index contributed by atoms with van der Waals surface area (Å²) in [5, 5.41) is 12.0. The summed E-state index contributed by atoms with van der Waals surface area (Å²) in [5.74, 6) is 1.39. The highest BCUT2D eigenvalue weighted by molar-refractivity contribution is 7.99. The van der Waals surface area contributed by atoms with E-state index < -0.39 is 0 Å². The first kappa shape index (κ1) is 21.2. The number of furan rings is 1. The Kier molecular flexibility index (Phi) is 6.71. The normalized spacial score (nSPS) is 13.5. The van der Waals surface area contributed by atoms with E-state index >= 15 is 0 Å². The summed E-state index contributed by atoms with van der Waals surface area (Å²) in [6.07, 6.45) is 3.69. The van der Waals surface area contributed by atoms with Crippen molar-refractivity contribution in [3.05, 3.63) is 54.0 Å². The molecule has 1 saturated heterocycles. The number of rotatable bonds is 8. The Morgan fingerprint density at radius 3 is 2.61 bits per heavy atom. The predicted molar refractivity (Wildman–Crippen MR) is 118 cm³/mol. The average Bonchev–Trinajstić information content (AvgIpc) is 3.53. The number of aryl methyl sites for hydroxylation is 1. The number of hydrogen-bond acceptors (Lipinski definition) is 6. The molecule has 0 radical (unpaired) electrons. The average molecular weight is 440 g/mol. The fourth-order valence-electron chi connectivity index (χ4n) is 3.55. The van der Waals surface area contributed by atoms with Crippen molar-refractivity contribution in [1.82, 2.24) is 25.0 Å². The van der Waals surface area contributed by atoms with E-state index in [1.807, 2.05) is 47.9 Å². The zero-order valence-corrected chi connectivity index (χ0v) is 18.2. The van der Waals surface area contributed by atoms with Gasteiger partial charge < -0.3 is 14.6 Å². The van der Waals surface area contributed by atoms with E-state index in [2.05, 4.69) is 15.5 Å². The lowest BCUT2D eigenvalue weighted by Gasteiger charge is -2.15. The molecule has 0 bridgehead atoms. The molecule has 9 heteroatoms. The minimum Gasteiger partial charge on any atom is -0.469 e. The smallest absolute Gasteiger partial charge is 0.241 e. The molecule has 2 aromatic heterocycles. The summed E-state index contributed by atoms with van der Waals surface area (Å²) in [6.45, 7) is 4.06. The Labute approximate surface area is 185 Å². The Bertz CT molecular complexity index is 1040. The molecule has 1 aliphatic rings. The number of amides is 2. The largest absolute Gasteiger partial charge is 0.469 e. The van der Waals surface area contributed by atoms with Gasteiger partial charge in [0.25, 0.3) is 0 Å². The second kappa shape index (κ2) is 9.82. The molecular weight excluding hydrogens is 414 g/mol. The van der Waals surface area contributed by atoms with Gasteiger partial charge in [0.1, 0.15) is 5.76 Å². The van der Waals surface area contributed by atoms with Crippen LogP contribution in [0.4, 0.5) is 0 Å². The van der Waals surface area contributed by atoms with Crippen LogP contribution >= 0.6 is 11.8 Å². The third-order valence-electron chi connectivity index (χ3n) is 5.23. The van der Waals surface area contributed by atoms with Crippen LogP contribution in [0.25, 0.3) is 11.4 Å². The first-order chi connectivity index (χ1) is 15.1. The molecule has 1 N–H and O–H groups in total. The summed E-state index contributed by atoms with van der Waals surface area (Å²) in [5.41, 5.74) is 1.98. The van der Waals surface area contributed by atoms with Crippen LogP contribution < -0.4 is 5.32 Å². The standard InChI is InChI=1S/C22H25N5O3S/c1-16-18(9-12-30-16)21-24-25-22(27(21)14-17-7-3-2-4-8-17)31-15-19(28)23-13-20(29)26-10-5-6-11-26/h2-4,7-9,12H,5-6,10-11,13-15H2,1H3,(H,23,28). The number of thioether (sulfide) groups is 1. The molecule has 0 saturated carbocycles. The highest BCUT2D eigenvalue weighted by Crippen LogP contribution is 2.27. The Hall–Kier alpha value is -3.07. The van der Waals surface area contributed by atoms with Gasteiger partial charge >= 0.3 is 0 Å². The van der Waals surface area contributed by atoms with E-state index in [9.17, 15) is 9.59 Å². The topological polar surface area (TPSA) is 93.3 Å². The molecule has 0 spiro atoms.